The van der Waals surface area contributed by atoms with E-state index in [-0.39, 0.29) is 6.04 Å². The van der Waals surface area contributed by atoms with Crippen LogP contribution in [0.3, 0.4) is 0 Å². The first-order chi connectivity index (χ1) is 9.60. The third-order valence-electron chi connectivity index (χ3n) is 3.18. The molecule has 2 heterocycles. The number of aromatic nitrogens is 2. The zero-order valence-electron chi connectivity index (χ0n) is 12.3. The maximum atomic E-state index is 6.05. The van der Waals surface area contributed by atoms with Gasteiger partial charge in [-0.1, -0.05) is 6.92 Å². The van der Waals surface area contributed by atoms with Gasteiger partial charge in [0.1, 0.15) is 5.82 Å². The molecule has 4 nitrogen and oxygen atoms in total. The van der Waals surface area contributed by atoms with E-state index < -0.39 is 0 Å². The SMILES string of the molecule is CCCNC(Cc1csc(C)n1)c1cc(C)cnc1N. The second kappa shape index (κ2) is 6.81. The molecular formula is C15H22N4S. The molecule has 2 aromatic heterocycles. The van der Waals surface area contributed by atoms with Crippen molar-refractivity contribution in [1.82, 2.24) is 15.3 Å². The van der Waals surface area contributed by atoms with E-state index in [2.05, 4.69) is 33.7 Å². The highest BCUT2D eigenvalue weighted by Gasteiger charge is 2.16. The third kappa shape index (κ3) is 3.77. The van der Waals surface area contributed by atoms with Gasteiger partial charge >= 0.3 is 0 Å². The first-order valence-electron chi connectivity index (χ1n) is 6.96. The summed E-state index contributed by atoms with van der Waals surface area (Å²) in [7, 11) is 0. The molecule has 0 radical (unpaired) electrons. The maximum absolute atomic E-state index is 6.05. The van der Waals surface area contributed by atoms with Crippen LogP contribution < -0.4 is 11.1 Å². The molecule has 0 aliphatic heterocycles. The maximum Gasteiger partial charge on any atom is 0.128 e. The second-order valence-electron chi connectivity index (χ2n) is 5.06. The van der Waals surface area contributed by atoms with E-state index in [9.17, 15) is 0 Å². The highest BCUT2D eigenvalue weighted by Crippen LogP contribution is 2.24. The van der Waals surface area contributed by atoms with Crippen LogP contribution in [0.5, 0.6) is 0 Å². The Balaban J connectivity index is 2.24. The van der Waals surface area contributed by atoms with E-state index in [1.165, 1.54) is 0 Å². The molecule has 0 aliphatic carbocycles. The van der Waals surface area contributed by atoms with Gasteiger partial charge in [-0.15, -0.1) is 11.3 Å². The van der Waals surface area contributed by atoms with Crippen molar-refractivity contribution in [3.8, 4) is 0 Å². The first kappa shape index (κ1) is 14.9. The van der Waals surface area contributed by atoms with Gasteiger partial charge in [-0.25, -0.2) is 9.97 Å². The van der Waals surface area contributed by atoms with Gasteiger partial charge in [0.05, 0.1) is 10.7 Å². The molecule has 5 heteroatoms. The number of hydrogen-bond acceptors (Lipinski definition) is 5. The Morgan fingerprint density at radius 2 is 2.20 bits per heavy atom. The number of nitrogens with one attached hydrogen (secondary N) is 1. The fraction of sp³-hybridized carbons (Fsp3) is 0.467. The van der Waals surface area contributed by atoms with Gasteiger partial charge < -0.3 is 11.1 Å². The van der Waals surface area contributed by atoms with E-state index in [4.69, 9.17) is 5.73 Å². The molecule has 108 valence electrons. The fourth-order valence-electron chi connectivity index (χ4n) is 2.20. The van der Waals surface area contributed by atoms with Crippen molar-refractivity contribution in [1.29, 1.82) is 0 Å². The van der Waals surface area contributed by atoms with Gasteiger partial charge in [-0.3, -0.25) is 0 Å². The molecule has 0 saturated heterocycles. The van der Waals surface area contributed by atoms with E-state index in [1.54, 1.807) is 11.3 Å². The fourth-order valence-corrected chi connectivity index (χ4v) is 2.83. The number of nitrogen functional groups attached to an aromatic ring is 1. The predicted molar refractivity (Wildman–Crippen MR) is 85.0 cm³/mol. The Hall–Kier alpha value is -1.46. The quantitative estimate of drug-likeness (QED) is 0.858. The lowest BCUT2D eigenvalue weighted by molar-refractivity contribution is 0.525. The zero-order chi connectivity index (χ0) is 14.5. The normalized spacial score (nSPS) is 12.6. The minimum atomic E-state index is 0.170. The van der Waals surface area contributed by atoms with Gasteiger partial charge in [0, 0.05) is 29.6 Å². The van der Waals surface area contributed by atoms with Gasteiger partial charge in [-0.2, -0.15) is 0 Å². The van der Waals surface area contributed by atoms with E-state index >= 15 is 0 Å². The van der Waals surface area contributed by atoms with Crippen LogP contribution in [0.25, 0.3) is 0 Å². The molecule has 0 spiro atoms. The number of rotatable bonds is 6. The van der Waals surface area contributed by atoms with Crippen LogP contribution in [0.1, 0.15) is 41.2 Å². The zero-order valence-corrected chi connectivity index (χ0v) is 13.1. The van der Waals surface area contributed by atoms with Gasteiger partial charge in [-0.05, 0) is 38.4 Å². The van der Waals surface area contributed by atoms with Crippen molar-refractivity contribution in [3.63, 3.8) is 0 Å². The average molecular weight is 290 g/mol. The first-order valence-corrected chi connectivity index (χ1v) is 7.84. The molecule has 0 aliphatic rings. The molecule has 0 fully saturated rings. The van der Waals surface area contributed by atoms with E-state index in [1.807, 2.05) is 20.0 Å². The van der Waals surface area contributed by atoms with Gasteiger partial charge in [0.15, 0.2) is 0 Å². The molecular weight excluding hydrogens is 268 g/mol. The number of nitrogens with zero attached hydrogens (tertiary/aromatic N) is 2. The van der Waals surface area contributed by atoms with Crippen LogP contribution >= 0.6 is 11.3 Å². The lowest BCUT2D eigenvalue weighted by atomic mass is 10.0. The summed E-state index contributed by atoms with van der Waals surface area (Å²) < 4.78 is 0. The summed E-state index contributed by atoms with van der Waals surface area (Å²) in [6, 6.07) is 2.29. The molecule has 0 aromatic carbocycles. The Morgan fingerprint density at radius 1 is 1.40 bits per heavy atom. The Kier molecular flexibility index (Phi) is 5.09. The minimum absolute atomic E-state index is 0.170. The predicted octanol–water partition coefficient (Wildman–Crippen LogP) is 3.02. The molecule has 0 bridgehead atoms. The molecule has 2 aromatic rings. The smallest absolute Gasteiger partial charge is 0.128 e. The number of pyridine rings is 1. The van der Waals surface area contributed by atoms with Crippen molar-refractivity contribution < 1.29 is 0 Å². The number of aryl methyl sites for hydroxylation is 2. The summed E-state index contributed by atoms with van der Waals surface area (Å²) in [5.74, 6) is 0.608. The van der Waals surface area contributed by atoms with Crippen LogP contribution in [0, 0.1) is 13.8 Å². The second-order valence-corrected chi connectivity index (χ2v) is 6.12. The van der Waals surface area contributed by atoms with Crippen molar-refractivity contribution >= 4 is 17.2 Å². The molecule has 3 N–H and O–H groups in total. The van der Waals surface area contributed by atoms with Gasteiger partial charge in [0.25, 0.3) is 0 Å². The van der Waals surface area contributed by atoms with Crippen LogP contribution in [0.4, 0.5) is 5.82 Å². The van der Waals surface area contributed by atoms with Crippen molar-refractivity contribution in [2.24, 2.45) is 0 Å². The van der Waals surface area contributed by atoms with Crippen molar-refractivity contribution in [2.75, 3.05) is 12.3 Å². The number of thiazole rings is 1. The minimum Gasteiger partial charge on any atom is -0.383 e. The Labute approximate surface area is 124 Å². The third-order valence-corrected chi connectivity index (χ3v) is 4.00. The summed E-state index contributed by atoms with van der Waals surface area (Å²) in [4.78, 5) is 8.83. The van der Waals surface area contributed by atoms with E-state index in [0.29, 0.717) is 5.82 Å². The number of anilines is 1. The molecule has 1 atom stereocenters. The lowest BCUT2D eigenvalue weighted by Crippen LogP contribution is -2.25. The monoisotopic (exact) mass is 290 g/mol. The highest BCUT2D eigenvalue weighted by atomic mass is 32.1. The summed E-state index contributed by atoms with van der Waals surface area (Å²) in [6.45, 7) is 7.20. The summed E-state index contributed by atoms with van der Waals surface area (Å²) in [5.41, 5.74) is 9.37. The molecule has 1 unspecified atom stereocenters. The van der Waals surface area contributed by atoms with E-state index in [0.717, 1.165) is 41.2 Å². The molecule has 20 heavy (non-hydrogen) atoms. The van der Waals surface area contributed by atoms with Crippen LogP contribution in [0.2, 0.25) is 0 Å². The largest absolute Gasteiger partial charge is 0.383 e. The lowest BCUT2D eigenvalue weighted by Gasteiger charge is -2.19. The Bertz CT molecular complexity index is 565. The molecule has 2 rings (SSSR count). The van der Waals surface area contributed by atoms with Crippen LogP contribution in [-0.4, -0.2) is 16.5 Å². The molecule has 0 amide bonds. The van der Waals surface area contributed by atoms with Crippen molar-refractivity contribution in [2.45, 2.75) is 39.7 Å². The standard InChI is InChI=1S/C15H22N4S/c1-4-5-17-14(7-12-9-20-11(3)19-12)13-6-10(2)8-18-15(13)16/h6,8-9,14,17H,4-5,7H2,1-3H3,(H2,16,18). The van der Waals surface area contributed by atoms with Gasteiger partial charge in [0.2, 0.25) is 0 Å². The number of nitrogens with two attached hydrogens (primary N) is 1. The van der Waals surface area contributed by atoms with Crippen molar-refractivity contribution in [3.05, 3.63) is 39.5 Å². The Morgan fingerprint density at radius 3 is 2.85 bits per heavy atom. The highest BCUT2D eigenvalue weighted by molar-refractivity contribution is 7.09. The van der Waals surface area contributed by atoms with Crippen LogP contribution in [0.15, 0.2) is 17.6 Å². The summed E-state index contributed by atoms with van der Waals surface area (Å²) in [5, 5.41) is 6.78. The van der Waals surface area contributed by atoms with Crippen LogP contribution in [-0.2, 0) is 6.42 Å². The summed E-state index contributed by atoms with van der Waals surface area (Å²) >= 11 is 1.69. The topological polar surface area (TPSA) is 63.8 Å². The summed E-state index contributed by atoms with van der Waals surface area (Å²) in [6.07, 6.45) is 3.74. The average Bonchev–Trinajstić information content (AvgIpc) is 2.83. The number of hydrogen-bond donors (Lipinski definition) is 2. The molecule has 0 saturated carbocycles.